The number of hydrogen-bond donors (Lipinski definition) is 0. The average Bonchev–Trinajstić information content (AvgIpc) is 3.57. The highest BCUT2D eigenvalue weighted by Gasteiger charge is 2.50. The lowest BCUT2D eigenvalue weighted by Crippen LogP contribution is -2.62. The molecular weight excluding hydrogens is 735 g/mol. The van der Waals surface area contributed by atoms with Crippen LogP contribution in [0, 0.1) is 0 Å². The normalized spacial score (nSPS) is 24.6. The Bertz CT molecular complexity index is 1780. The van der Waals surface area contributed by atoms with Crippen molar-refractivity contribution in [2.45, 2.75) is 134 Å². The molecule has 2 saturated heterocycles. The fourth-order valence-electron chi connectivity index (χ4n) is 7.52. The molecule has 0 aliphatic carbocycles. The van der Waals surface area contributed by atoms with Gasteiger partial charge in [0.2, 0.25) is 0 Å². The van der Waals surface area contributed by atoms with Gasteiger partial charge in [-0.3, -0.25) is 0 Å². The lowest BCUT2D eigenvalue weighted by molar-refractivity contribution is -0.329. The summed E-state index contributed by atoms with van der Waals surface area (Å²) in [5.74, 6) is -0.840. The zero-order chi connectivity index (χ0) is 40.4. The monoisotopic (exact) mass is 793 g/mol. The summed E-state index contributed by atoms with van der Waals surface area (Å²) in [6.45, 7) is 7.43. The van der Waals surface area contributed by atoms with E-state index in [1.165, 1.54) is 0 Å². The van der Waals surface area contributed by atoms with E-state index in [4.69, 9.17) is 37.9 Å². The van der Waals surface area contributed by atoms with Crippen LogP contribution >= 0.6 is 0 Å². The van der Waals surface area contributed by atoms with E-state index >= 15 is 0 Å². The maximum absolute atomic E-state index is 9.80. The molecule has 0 amide bonds. The molecule has 5 unspecified atom stereocenters. The molecule has 0 spiro atoms. The van der Waals surface area contributed by atoms with Crippen LogP contribution in [0.3, 0.4) is 0 Å². The minimum Gasteiger partial charge on any atom is -0.374 e. The van der Waals surface area contributed by atoms with Crippen molar-refractivity contribution < 1.29 is 37.9 Å². The van der Waals surface area contributed by atoms with Gasteiger partial charge < -0.3 is 37.9 Å². The molecule has 4 aromatic carbocycles. The first-order chi connectivity index (χ1) is 28.4. The maximum Gasteiger partial charge on any atom is 0.186 e. The zero-order valence-corrected chi connectivity index (χ0v) is 34.1. The number of unbranched alkanes of at least 4 members (excludes halogenated alkanes) is 3. The number of nitrogens with zero attached hydrogens (tertiary/aromatic N) is 3. The van der Waals surface area contributed by atoms with E-state index in [1.807, 2.05) is 135 Å². The Balaban J connectivity index is 1.30. The fraction of sp³-hybridized carbons (Fsp3) is 0.489. The standard InChI is InChI=1S/C47H59N3O8/c1-4-5-6-19-28-40-42(58-47(2,3)57-40)39(49-50-48)33-55-46-45(54-32-38-26-17-10-18-27-38)44(53-31-37-24-15-9-16-25-37)43(52-30-36-22-13-8-14-23-36)41(56-46)34-51-29-35-20-11-7-12-21-35/h7-18,20-27,39-46H,4-6,19,28-34H2,1-3H3/t39-,40+,41?,42-,43?,44?,45?,46?/m0/s1. The number of azide groups is 1. The molecular formula is C47H59N3O8. The van der Waals surface area contributed by atoms with E-state index in [0.29, 0.717) is 19.8 Å². The average molecular weight is 794 g/mol. The van der Waals surface area contributed by atoms with Crippen molar-refractivity contribution in [2.24, 2.45) is 5.11 Å². The minimum atomic E-state index is -0.957. The van der Waals surface area contributed by atoms with Crippen LogP contribution in [0.4, 0.5) is 0 Å². The van der Waals surface area contributed by atoms with Crippen molar-refractivity contribution in [2.75, 3.05) is 13.2 Å². The van der Waals surface area contributed by atoms with Gasteiger partial charge in [-0.05, 0) is 48.1 Å². The van der Waals surface area contributed by atoms with Gasteiger partial charge in [0, 0.05) is 4.91 Å². The van der Waals surface area contributed by atoms with E-state index in [9.17, 15) is 5.53 Å². The molecule has 6 rings (SSSR count). The molecule has 2 aliphatic rings. The Labute approximate surface area is 343 Å². The highest BCUT2D eigenvalue weighted by atomic mass is 16.8. The SMILES string of the molecule is CCCCCC[C@H]1OC(C)(C)O[C@H]1[C@H](COC1OC(COCc2ccccc2)C(OCc2ccccc2)C(OCc2ccccc2)C1OCc1ccccc1)N=[N+]=[N-]. The molecule has 2 fully saturated rings. The molecule has 0 radical (unpaired) electrons. The molecule has 8 atom stereocenters. The Morgan fingerprint density at radius 3 is 1.67 bits per heavy atom. The summed E-state index contributed by atoms with van der Waals surface area (Å²) >= 11 is 0. The van der Waals surface area contributed by atoms with Gasteiger partial charge >= 0.3 is 0 Å². The summed E-state index contributed by atoms with van der Waals surface area (Å²) in [5, 5.41) is 4.22. The van der Waals surface area contributed by atoms with Crippen molar-refractivity contribution in [3.05, 3.63) is 154 Å². The first-order valence-corrected chi connectivity index (χ1v) is 20.7. The molecule has 11 nitrogen and oxygen atoms in total. The quantitative estimate of drug-likeness (QED) is 0.0315. The number of benzene rings is 4. The van der Waals surface area contributed by atoms with Crippen molar-refractivity contribution in [1.29, 1.82) is 0 Å². The highest BCUT2D eigenvalue weighted by Crippen LogP contribution is 2.36. The Hall–Kier alpha value is -4.13. The van der Waals surface area contributed by atoms with Crippen molar-refractivity contribution >= 4 is 0 Å². The second-order valence-electron chi connectivity index (χ2n) is 15.4. The summed E-state index contributed by atoms with van der Waals surface area (Å²) in [4.78, 5) is 3.23. The second-order valence-corrected chi connectivity index (χ2v) is 15.4. The van der Waals surface area contributed by atoms with E-state index in [2.05, 4.69) is 16.9 Å². The van der Waals surface area contributed by atoms with Crippen LogP contribution in [0.5, 0.6) is 0 Å². The summed E-state index contributed by atoms with van der Waals surface area (Å²) in [6.07, 6.45) is 0.736. The van der Waals surface area contributed by atoms with Gasteiger partial charge in [0.1, 0.15) is 24.4 Å². The topological polar surface area (TPSA) is 123 Å². The van der Waals surface area contributed by atoms with Crippen LogP contribution in [-0.4, -0.2) is 68.0 Å². The number of hydrogen-bond acceptors (Lipinski definition) is 9. The molecule has 2 heterocycles. The predicted molar refractivity (Wildman–Crippen MR) is 221 cm³/mol. The Morgan fingerprint density at radius 2 is 1.14 bits per heavy atom. The second kappa shape index (κ2) is 22.9. The third-order valence-electron chi connectivity index (χ3n) is 10.4. The first-order valence-electron chi connectivity index (χ1n) is 20.7. The fourth-order valence-corrected chi connectivity index (χ4v) is 7.52. The van der Waals surface area contributed by atoms with Crippen LogP contribution in [0.1, 0.15) is 75.1 Å². The molecule has 0 saturated carbocycles. The first kappa shape index (κ1) is 43.4. The molecule has 11 heteroatoms. The van der Waals surface area contributed by atoms with Gasteiger partial charge in [0.25, 0.3) is 0 Å². The van der Waals surface area contributed by atoms with E-state index in [1.54, 1.807) is 0 Å². The molecule has 2 aliphatic heterocycles. The van der Waals surface area contributed by atoms with Crippen LogP contribution in [0.2, 0.25) is 0 Å². The lowest BCUT2D eigenvalue weighted by Gasteiger charge is -2.46. The molecule has 0 N–H and O–H groups in total. The smallest absolute Gasteiger partial charge is 0.186 e. The highest BCUT2D eigenvalue weighted by molar-refractivity contribution is 5.16. The van der Waals surface area contributed by atoms with Crippen molar-refractivity contribution in [3.8, 4) is 0 Å². The molecule has 0 aromatic heterocycles. The van der Waals surface area contributed by atoms with Gasteiger partial charge in [0.05, 0.1) is 57.9 Å². The minimum absolute atomic E-state index is 0.00593. The third-order valence-corrected chi connectivity index (χ3v) is 10.4. The summed E-state index contributed by atoms with van der Waals surface area (Å²) in [7, 11) is 0. The predicted octanol–water partition coefficient (Wildman–Crippen LogP) is 9.87. The molecule has 310 valence electrons. The van der Waals surface area contributed by atoms with Gasteiger partial charge in [0.15, 0.2) is 12.1 Å². The lowest BCUT2D eigenvalue weighted by atomic mass is 9.97. The Kier molecular flexibility index (Phi) is 17.1. The van der Waals surface area contributed by atoms with Crippen molar-refractivity contribution in [3.63, 3.8) is 0 Å². The van der Waals surface area contributed by atoms with E-state index in [-0.39, 0.29) is 25.9 Å². The summed E-state index contributed by atoms with van der Waals surface area (Å²) < 4.78 is 53.2. The van der Waals surface area contributed by atoms with Gasteiger partial charge in [-0.2, -0.15) is 0 Å². The number of ether oxygens (including phenoxy) is 8. The summed E-state index contributed by atoms with van der Waals surface area (Å²) in [5.41, 5.74) is 13.8. The molecule has 4 aromatic rings. The van der Waals surface area contributed by atoms with Crippen LogP contribution in [0.15, 0.2) is 126 Å². The maximum atomic E-state index is 9.80. The largest absolute Gasteiger partial charge is 0.374 e. The van der Waals surface area contributed by atoms with Crippen LogP contribution < -0.4 is 0 Å². The number of rotatable bonds is 23. The zero-order valence-electron chi connectivity index (χ0n) is 34.1. The van der Waals surface area contributed by atoms with Gasteiger partial charge in [-0.15, -0.1) is 0 Å². The Morgan fingerprint density at radius 1 is 0.621 bits per heavy atom. The van der Waals surface area contributed by atoms with E-state index in [0.717, 1.165) is 54.4 Å². The molecule has 58 heavy (non-hydrogen) atoms. The summed E-state index contributed by atoms with van der Waals surface area (Å²) in [6, 6.07) is 39.3. The molecule has 0 bridgehead atoms. The van der Waals surface area contributed by atoms with E-state index < -0.39 is 48.6 Å². The van der Waals surface area contributed by atoms with Crippen molar-refractivity contribution in [1.82, 2.24) is 0 Å². The third kappa shape index (κ3) is 13.2. The van der Waals surface area contributed by atoms with Gasteiger partial charge in [-0.25, -0.2) is 0 Å². The van der Waals surface area contributed by atoms with Crippen LogP contribution in [-0.2, 0) is 64.3 Å². The van der Waals surface area contributed by atoms with Gasteiger partial charge in [-0.1, -0.05) is 159 Å². The van der Waals surface area contributed by atoms with Crippen LogP contribution in [0.25, 0.3) is 10.4 Å².